The van der Waals surface area contributed by atoms with Crippen molar-refractivity contribution in [3.8, 4) is 5.82 Å². The minimum Gasteiger partial charge on any atom is -0.383 e. The van der Waals surface area contributed by atoms with Crippen LogP contribution in [-0.4, -0.2) is 48.3 Å². The summed E-state index contributed by atoms with van der Waals surface area (Å²) in [5.74, 6) is 1.41. The third-order valence-corrected chi connectivity index (χ3v) is 7.67. The molecule has 4 N–H and O–H groups in total. The summed E-state index contributed by atoms with van der Waals surface area (Å²) in [6.07, 6.45) is 5.05. The van der Waals surface area contributed by atoms with Gasteiger partial charge in [0.05, 0.1) is 5.52 Å². The first-order valence-corrected chi connectivity index (χ1v) is 12.4. The van der Waals surface area contributed by atoms with Crippen LogP contribution in [0.2, 0.25) is 0 Å². The van der Waals surface area contributed by atoms with E-state index in [1.807, 2.05) is 18.2 Å². The molecule has 4 aromatic rings. The number of hydrogen-bond acceptors (Lipinski definition) is 9. The molecule has 4 heterocycles. The number of benzene rings is 1. The van der Waals surface area contributed by atoms with E-state index in [9.17, 15) is 10.2 Å². The van der Waals surface area contributed by atoms with Gasteiger partial charge in [-0.3, -0.25) is 0 Å². The predicted octanol–water partition coefficient (Wildman–Crippen LogP) is 2.97. The Morgan fingerprint density at radius 3 is 2.47 bits per heavy atom. The number of anilines is 1. The molecule has 36 heavy (non-hydrogen) atoms. The Balaban J connectivity index is 1.56. The average Bonchev–Trinajstić information content (AvgIpc) is 3.53. The van der Waals surface area contributed by atoms with E-state index in [2.05, 4.69) is 15.1 Å². The lowest BCUT2D eigenvalue weighted by Crippen LogP contribution is -2.41. The van der Waals surface area contributed by atoms with E-state index in [4.69, 9.17) is 20.1 Å². The summed E-state index contributed by atoms with van der Waals surface area (Å²) in [5, 5.41) is 33.6. The van der Waals surface area contributed by atoms with Gasteiger partial charge >= 0.3 is 0 Å². The number of aryl methyl sites for hydroxylation is 1. The maximum Gasteiger partial charge on any atom is 0.221 e. The SMILES string of the molecule is Cc1cc(C(C)(O)c2ccc3c(C(O)(C4CCOCC4)C4CC4)nn(-c4ccnc(N)n4)c3c2)no1. The second kappa shape index (κ2) is 8.36. The zero-order valence-electron chi connectivity index (χ0n) is 20.4. The highest BCUT2D eigenvalue weighted by atomic mass is 16.5. The number of aliphatic hydroxyl groups is 2. The monoisotopic (exact) mass is 490 g/mol. The number of ether oxygens (including phenoxy) is 1. The maximum atomic E-state index is 12.3. The summed E-state index contributed by atoms with van der Waals surface area (Å²) in [5.41, 5.74) is 5.77. The molecule has 1 aromatic carbocycles. The van der Waals surface area contributed by atoms with Gasteiger partial charge in [-0.15, -0.1) is 0 Å². The number of nitrogen functional groups attached to an aromatic ring is 1. The summed E-state index contributed by atoms with van der Waals surface area (Å²) >= 11 is 0. The van der Waals surface area contributed by atoms with Crippen LogP contribution in [0.25, 0.3) is 16.7 Å². The minimum absolute atomic E-state index is 0.0432. The summed E-state index contributed by atoms with van der Waals surface area (Å²) in [7, 11) is 0. The van der Waals surface area contributed by atoms with Gasteiger partial charge in [-0.2, -0.15) is 10.1 Å². The summed E-state index contributed by atoms with van der Waals surface area (Å²) in [6.45, 7) is 4.72. The molecule has 1 saturated heterocycles. The molecule has 2 fully saturated rings. The van der Waals surface area contributed by atoms with E-state index in [0.29, 0.717) is 47.3 Å². The number of aromatic nitrogens is 5. The fourth-order valence-electron chi connectivity index (χ4n) is 5.49. The van der Waals surface area contributed by atoms with Crippen molar-refractivity contribution < 1.29 is 19.5 Å². The molecule has 0 amide bonds. The zero-order valence-corrected chi connectivity index (χ0v) is 20.4. The molecule has 0 spiro atoms. The highest BCUT2D eigenvalue weighted by molar-refractivity contribution is 5.85. The second-order valence-electron chi connectivity index (χ2n) is 10.1. The van der Waals surface area contributed by atoms with Crippen molar-refractivity contribution in [2.75, 3.05) is 18.9 Å². The number of nitrogens with two attached hydrogens (primary N) is 1. The van der Waals surface area contributed by atoms with Crippen LogP contribution < -0.4 is 5.73 Å². The van der Waals surface area contributed by atoms with Crippen molar-refractivity contribution in [3.63, 3.8) is 0 Å². The van der Waals surface area contributed by atoms with E-state index in [-0.39, 0.29) is 17.8 Å². The van der Waals surface area contributed by atoms with E-state index in [0.717, 1.165) is 31.1 Å². The molecular formula is C26H30N6O4. The second-order valence-corrected chi connectivity index (χ2v) is 10.1. The van der Waals surface area contributed by atoms with Crippen LogP contribution in [-0.2, 0) is 15.9 Å². The van der Waals surface area contributed by atoms with Gasteiger partial charge in [0.25, 0.3) is 0 Å². The van der Waals surface area contributed by atoms with Crippen molar-refractivity contribution >= 4 is 16.9 Å². The zero-order chi connectivity index (χ0) is 25.1. The molecule has 2 atom stereocenters. The molecule has 1 saturated carbocycles. The molecular weight excluding hydrogens is 460 g/mol. The Labute approximate surface area is 208 Å². The van der Waals surface area contributed by atoms with Crippen LogP contribution in [0.1, 0.15) is 55.3 Å². The van der Waals surface area contributed by atoms with Crippen LogP contribution in [0, 0.1) is 18.8 Å². The molecule has 6 rings (SSSR count). The Hall–Kier alpha value is -3.34. The normalized spacial score (nSPS) is 20.3. The van der Waals surface area contributed by atoms with Gasteiger partial charge in [0, 0.05) is 36.9 Å². The summed E-state index contributed by atoms with van der Waals surface area (Å²) < 4.78 is 12.5. The van der Waals surface area contributed by atoms with Crippen LogP contribution in [0.15, 0.2) is 41.1 Å². The lowest BCUT2D eigenvalue weighted by Gasteiger charge is -2.38. The first kappa shape index (κ1) is 23.1. The predicted molar refractivity (Wildman–Crippen MR) is 131 cm³/mol. The van der Waals surface area contributed by atoms with E-state index in [1.165, 1.54) is 0 Å². The molecule has 10 nitrogen and oxygen atoms in total. The molecule has 10 heteroatoms. The van der Waals surface area contributed by atoms with Crippen LogP contribution >= 0.6 is 0 Å². The van der Waals surface area contributed by atoms with E-state index in [1.54, 1.807) is 36.9 Å². The Bertz CT molecular complexity index is 1420. The van der Waals surface area contributed by atoms with E-state index < -0.39 is 11.2 Å². The molecule has 0 radical (unpaired) electrons. The quantitative estimate of drug-likeness (QED) is 0.371. The molecule has 1 aliphatic heterocycles. The lowest BCUT2D eigenvalue weighted by atomic mass is 9.75. The van der Waals surface area contributed by atoms with Gasteiger partial charge < -0.3 is 25.2 Å². The van der Waals surface area contributed by atoms with Gasteiger partial charge in [-0.25, -0.2) is 9.67 Å². The standard InChI is InChI=1S/C26H30N6O4/c1-15-13-21(31-36-15)25(2,33)18-5-6-19-20(14-18)32(22-7-10-28-24(27)29-22)30-23(19)26(34,16-3-4-16)17-8-11-35-12-9-17/h5-7,10,13-14,16-17,33-34H,3-4,8-9,11-12H2,1-2H3,(H2,27,28,29). The molecule has 2 unspecified atom stereocenters. The molecule has 0 bridgehead atoms. The molecule has 188 valence electrons. The fraction of sp³-hybridized carbons (Fsp3) is 0.462. The van der Waals surface area contributed by atoms with Crippen molar-refractivity contribution in [2.24, 2.45) is 11.8 Å². The molecule has 3 aromatic heterocycles. The smallest absolute Gasteiger partial charge is 0.221 e. The van der Waals surface area contributed by atoms with Crippen LogP contribution in [0.3, 0.4) is 0 Å². The van der Waals surface area contributed by atoms with Crippen LogP contribution in [0.5, 0.6) is 0 Å². The molecule has 2 aliphatic rings. The average molecular weight is 491 g/mol. The van der Waals surface area contributed by atoms with Crippen molar-refractivity contribution in [1.82, 2.24) is 24.9 Å². The van der Waals surface area contributed by atoms with Gasteiger partial charge in [0.2, 0.25) is 5.95 Å². The fourth-order valence-corrected chi connectivity index (χ4v) is 5.49. The van der Waals surface area contributed by atoms with Gasteiger partial charge in [-0.05, 0) is 63.0 Å². The minimum atomic E-state index is -1.40. The number of fused-ring (bicyclic) bond motifs is 1. The third-order valence-electron chi connectivity index (χ3n) is 7.67. The van der Waals surface area contributed by atoms with Crippen molar-refractivity contribution in [2.45, 2.75) is 50.7 Å². The van der Waals surface area contributed by atoms with E-state index >= 15 is 0 Å². The topological polar surface area (TPSA) is 145 Å². The molecule has 1 aliphatic carbocycles. The highest BCUT2D eigenvalue weighted by Crippen LogP contribution is 2.53. The van der Waals surface area contributed by atoms with Gasteiger partial charge in [0.1, 0.15) is 28.4 Å². The Kier molecular flexibility index (Phi) is 5.36. The Morgan fingerprint density at radius 1 is 1.06 bits per heavy atom. The maximum absolute atomic E-state index is 12.3. The number of nitrogens with zero attached hydrogens (tertiary/aromatic N) is 5. The summed E-state index contributed by atoms with van der Waals surface area (Å²) in [4.78, 5) is 8.41. The first-order valence-electron chi connectivity index (χ1n) is 12.4. The van der Waals surface area contributed by atoms with Crippen molar-refractivity contribution in [3.05, 3.63) is 59.2 Å². The van der Waals surface area contributed by atoms with Crippen LogP contribution in [0.4, 0.5) is 5.95 Å². The van der Waals surface area contributed by atoms with Crippen molar-refractivity contribution in [1.29, 1.82) is 0 Å². The lowest BCUT2D eigenvalue weighted by molar-refractivity contribution is -0.0879. The number of rotatable bonds is 6. The largest absolute Gasteiger partial charge is 0.383 e. The van der Waals surface area contributed by atoms with Gasteiger partial charge in [0.15, 0.2) is 5.82 Å². The number of hydrogen-bond donors (Lipinski definition) is 3. The van der Waals surface area contributed by atoms with Gasteiger partial charge in [-0.1, -0.05) is 17.3 Å². The highest BCUT2D eigenvalue weighted by Gasteiger charge is 2.53. The Morgan fingerprint density at radius 2 is 1.81 bits per heavy atom. The summed E-state index contributed by atoms with van der Waals surface area (Å²) in [6, 6.07) is 9.08. The third kappa shape index (κ3) is 3.68. The first-order chi connectivity index (χ1) is 17.3.